The molecule has 1 saturated heterocycles. The highest BCUT2D eigenvalue weighted by Crippen LogP contribution is 2.44. The first-order valence-corrected chi connectivity index (χ1v) is 12.5. The Balaban J connectivity index is 1.78. The lowest BCUT2D eigenvalue weighted by molar-refractivity contribution is 0.0507. The molecule has 1 fully saturated rings. The summed E-state index contributed by atoms with van der Waals surface area (Å²) in [6.45, 7) is 1.80. The maximum atomic E-state index is 15.0. The van der Waals surface area contributed by atoms with Crippen LogP contribution in [0.4, 0.5) is 18.0 Å². The Morgan fingerprint density at radius 1 is 1.19 bits per heavy atom. The number of piperidine rings is 1. The average molecular weight is 501 g/mol. The molecule has 36 heavy (non-hydrogen) atoms. The number of alkyl halides is 1. The zero-order valence-corrected chi connectivity index (χ0v) is 21.2. The minimum absolute atomic E-state index is 0.0988. The summed E-state index contributed by atoms with van der Waals surface area (Å²) in [5.74, 6) is -1.08. The van der Waals surface area contributed by atoms with Gasteiger partial charge in [-0.1, -0.05) is 30.3 Å². The minimum atomic E-state index is -1.16. The van der Waals surface area contributed by atoms with Gasteiger partial charge in [0.15, 0.2) is 0 Å². The van der Waals surface area contributed by atoms with Crippen LogP contribution in [0.25, 0.3) is 5.57 Å². The Kier molecular flexibility index (Phi) is 8.05. The van der Waals surface area contributed by atoms with Gasteiger partial charge in [0.25, 0.3) is 0 Å². The Hall–Kier alpha value is -2.84. The normalized spacial score (nSPS) is 24.6. The predicted molar refractivity (Wildman–Crippen MR) is 136 cm³/mol. The van der Waals surface area contributed by atoms with Crippen LogP contribution in [-0.2, 0) is 5.54 Å². The highest BCUT2D eigenvalue weighted by atomic mass is 19.1. The van der Waals surface area contributed by atoms with E-state index in [1.165, 1.54) is 11.0 Å². The van der Waals surface area contributed by atoms with Crippen LogP contribution in [0.5, 0.6) is 0 Å². The summed E-state index contributed by atoms with van der Waals surface area (Å²) in [4.78, 5) is 19.2. The van der Waals surface area contributed by atoms with Gasteiger partial charge >= 0.3 is 6.03 Å². The number of carbonyl (C=O) groups excluding carboxylic acids is 1. The standard InChI is InChI=1S/C28H35F3N4O/c1-32-14-7-13-28(21-8-5-4-6-9-21)17-20(23-16-22(29)10-11-24(23)30)18-35(28)27(36)34(3)26-12-15-33(2)19-25(26)31/h4-6,8-11,16-17,25-26,32H,7,12-15,18-19H2,1-3H3/t25?,26?,28-/m0/s1. The van der Waals surface area contributed by atoms with Crippen molar-refractivity contribution in [1.29, 1.82) is 0 Å². The summed E-state index contributed by atoms with van der Waals surface area (Å²) in [7, 11) is 5.39. The number of likely N-dealkylation sites (tertiary alicyclic amines) is 1. The summed E-state index contributed by atoms with van der Waals surface area (Å²) >= 11 is 0. The summed E-state index contributed by atoms with van der Waals surface area (Å²) < 4.78 is 44.0. The number of hydrogen-bond acceptors (Lipinski definition) is 3. The number of nitrogens with one attached hydrogen (secondary N) is 1. The third kappa shape index (κ3) is 5.15. The average Bonchev–Trinajstić information content (AvgIpc) is 3.26. The fourth-order valence-electron chi connectivity index (χ4n) is 5.53. The third-order valence-corrected chi connectivity index (χ3v) is 7.50. The highest BCUT2D eigenvalue weighted by molar-refractivity contribution is 5.83. The molecule has 0 radical (unpaired) electrons. The van der Waals surface area contributed by atoms with Crippen molar-refractivity contribution in [2.75, 3.05) is 47.3 Å². The molecule has 2 aromatic carbocycles. The first kappa shape index (κ1) is 26.2. The van der Waals surface area contributed by atoms with E-state index in [2.05, 4.69) is 5.32 Å². The van der Waals surface area contributed by atoms with E-state index in [0.29, 0.717) is 25.0 Å². The fourth-order valence-corrected chi connectivity index (χ4v) is 5.53. The number of benzene rings is 2. The fraction of sp³-hybridized carbons (Fsp3) is 0.464. The van der Waals surface area contributed by atoms with Crippen LogP contribution < -0.4 is 5.32 Å². The van der Waals surface area contributed by atoms with E-state index in [1.807, 2.05) is 55.4 Å². The summed E-state index contributed by atoms with van der Waals surface area (Å²) in [6.07, 6.45) is 2.59. The number of hydrogen-bond donors (Lipinski definition) is 1. The van der Waals surface area contributed by atoms with Gasteiger partial charge in [0.1, 0.15) is 17.8 Å². The van der Waals surface area contributed by atoms with Crippen LogP contribution in [0.1, 0.15) is 30.4 Å². The SMILES string of the molecule is CNCCC[C@@]1(c2ccccc2)C=C(c2cc(F)ccc2F)CN1C(=O)N(C)C1CCN(C)CC1F. The first-order valence-electron chi connectivity index (χ1n) is 12.5. The number of rotatable bonds is 7. The second-order valence-electron chi connectivity index (χ2n) is 9.91. The second-order valence-corrected chi connectivity index (χ2v) is 9.91. The minimum Gasteiger partial charge on any atom is -0.322 e. The highest BCUT2D eigenvalue weighted by Gasteiger charge is 2.47. The van der Waals surface area contributed by atoms with Crippen molar-refractivity contribution in [1.82, 2.24) is 20.0 Å². The zero-order valence-electron chi connectivity index (χ0n) is 21.2. The van der Waals surface area contributed by atoms with Crippen LogP contribution in [-0.4, -0.2) is 80.3 Å². The molecule has 8 heteroatoms. The molecule has 2 aromatic rings. The van der Waals surface area contributed by atoms with Crippen molar-refractivity contribution < 1.29 is 18.0 Å². The van der Waals surface area contributed by atoms with Crippen molar-refractivity contribution in [2.24, 2.45) is 0 Å². The van der Waals surface area contributed by atoms with Crippen molar-refractivity contribution >= 4 is 11.6 Å². The number of urea groups is 1. The topological polar surface area (TPSA) is 38.8 Å². The Morgan fingerprint density at radius 3 is 2.64 bits per heavy atom. The van der Waals surface area contributed by atoms with Gasteiger partial charge in [0.05, 0.1) is 11.6 Å². The molecule has 0 bridgehead atoms. The van der Waals surface area contributed by atoms with Gasteiger partial charge in [-0.15, -0.1) is 0 Å². The summed E-state index contributed by atoms with van der Waals surface area (Å²) in [6, 6.07) is 12.1. The largest absolute Gasteiger partial charge is 0.322 e. The Bertz CT molecular complexity index is 1100. The van der Waals surface area contributed by atoms with Gasteiger partial charge in [-0.25, -0.2) is 18.0 Å². The van der Waals surface area contributed by atoms with Gasteiger partial charge in [-0.3, -0.25) is 0 Å². The molecule has 2 unspecified atom stereocenters. The van der Waals surface area contributed by atoms with Gasteiger partial charge in [0, 0.05) is 32.2 Å². The van der Waals surface area contributed by atoms with Crippen molar-refractivity contribution in [2.45, 2.75) is 37.0 Å². The molecule has 2 aliphatic rings. The molecule has 2 aliphatic heterocycles. The molecule has 2 amide bonds. The van der Waals surface area contributed by atoms with Crippen LogP contribution in [0, 0.1) is 11.6 Å². The van der Waals surface area contributed by atoms with E-state index >= 15 is 4.39 Å². The zero-order chi connectivity index (χ0) is 25.9. The van der Waals surface area contributed by atoms with Gasteiger partial charge in [-0.05, 0) is 75.3 Å². The number of halogens is 3. The Labute approximate surface area is 211 Å². The van der Waals surface area contributed by atoms with Gasteiger partial charge in [0.2, 0.25) is 0 Å². The van der Waals surface area contributed by atoms with E-state index in [4.69, 9.17) is 0 Å². The van der Waals surface area contributed by atoms with Crippen molar-refractivity contribution in [3.8, 4) is 0 Å². The monoisotopic (exact) mass is 500 g/mol. The molecular formula is C28H35F3N4O. The molecule has 0 spiro atoms. The maximum Gasteiger partial charge on any atom is 0.321 e. The molecule has 3 atom stereocenters. The van der Waals surface area contributed by atoms with Crippen LogP contribution >= 0.6 is 0 Å². The molecular weight excluding hydrogens is 465 g/mol. The number of carbonyl (C=O) groups is 1. The summed E-state index contributed by atoms with van der Waals surface area (Å²) in [5.41, 5.74) is 0.691. The lowest BCUT2D eigenvalue weighted by atomic mass is 9.84. The van der Waals surface area contributed by atoms with Crippen LogP contribution in [0.3, 0.4) is 0 Å². The quantitative estimate of drug-likeness (QED) is 0.563. The molecule has 2 heterocycles. The molecule has 5 nitrogen and oxygen atoms in total. The van der Waals surface area contributed by atoms with E-state index in [9.17, 15) is 13.6 Å². The lowest BCUT2D eigenvalue weighted by Gasteiger charge is -2.44. The lowest BCUT2D eigenvalue weighted by Crippen LogP contribution is -2.57. The number of amides is 2. The molecule has 0 aromatic heterocycles. The molecule has 4 rings (SSSR count). The van der Waals surface area contributed by atoms with E-state index in [1.54, 1.807) is 11.9 Å². The molecule has 0 saturated carbocycles. The van der Waals surface area contributed by atoms with E-state index in [-0.39, 0.29) is 24.7 Å². The van der Waals surface area contributed by atoms with Crippen molar-refractivity contribution in [3.63, 3.8) is 0 Å². The smallest absolute Gasteiger partial charge is 0.321 e. The third-order valence-electron chi connectivity index (χ3n) is 7.50. The van der Waals surface area contributed by atoms with E-state index in [0.717, 1.165) is 30.7 Å². The first-order chi connectivity index (χ1) is 17.3. The van der Waals surface area contributed by atoms with Crippen molar-refractivity contribution in [3.05, 3.63) is 77.4 Å². The maximum absolute atomic E-state index is 15.0. The molecule has 0 aliphatic carbocycles. The van der Waals surface area contributed by atoms with Gasteiger partial charge < -0.3 is 20.0 Å². The second kappa shape index (κ2) is 11.0. The molecule has 194 valence electrons. The predicted octanol–water partition coefficient (Wildman–Crippen LogP) is 4.65. The summed E-state index contributed by atoms with van der Waals surface area (Å²) in [5, 5.41) is 3.15. The number of nitrogens with zero attached hydrogens (tertiary/aromatic N) is 3. The molecule has 1 N–H and O–H groups in total. The Morgan fingerprint density at radius 2 is 1.94 bits per heavy atom. The van der Waals surface area contributed by atoms with Gasteiger partial charge in [-0.2, -0.15) is 0 Å². The van der Waals surface area contributed by atoms with E-state index < -0.39 is 29.4 Å². The van der Waals surface area contributed by atoms with Crippen LogP contribution in [0.15, 0.2) is 54.6 Å². The van der Waals surface area contributed by atoms with Crippen LogP contribution in [0.2, 0.25) is 0 Å².